The Morgan fingerprint density at radius 1 is 1.33 bits per heavy atom. The second-order valence-electron chi connectivity index (χ2n) is 5.86. The number of aromatic amines is 1. The Bertz CT molecular complexity index is 786. The zero-order valence-corrected chi connectivity index (χ0v) is 14.0. The fourth-order valence-corrected chi connectivity index (χ4v) is 2.22. The molecule has 0 aliphatic rings. The molecule has 0 fully saturated rings. The number of amides is 1. The SMILES string of the molecule is Cc1cc(-c2cc(C(=O)NCCCN(C)C)[nH]c(=O)n2)ccc1F. The molecule has 0 saturated carbocycles. The highest BCUT2D eigenvalue weighted by Gasteiger charge is 2.11. The number of carbonyl (C=O) groups excluding carboxylic acids is 1. The van der Waals surface area contributed by atoms with E-state index in [9.17, 15) is 14.0 Å². The zero-order valence-electron chi connectivity index (χ0n) is 14.0. The van der Waals surface area contributed by atoms with E-state index in [0.29, 0.717) is 23.4 Å². The van der Waals surface area contributed by atoms with Crippen LogP contribution in [0.3, 0.4) is 0 Å². The standard InChI is InChI=1S/C17H21FN4O2/c1-11-9-12(5-6-13(11)18)14-10-15(21-17(24)20-14)16(23)19-7-4-8-22(2)3/h5-6,9-10H,4,7-8H2,1-3H3,(H,19,23)(H,20,21,24). The minimum absolute atomic E-state index is 0.136. The maximum absolute atomic E-state index is 13.4. The van der Waals surface area contributed by atoms with Gasteiger partial charge in [-0.3, -0.25) is 4.79 Å². The monoisotopic (exact) mass is 332 g/mol. The van der Waals surface area contributed by atoms with Crippen molar-refractivity contribution >= 4 is 5.91 Å². The third kappa shape index (κ3) is 4.73. The van der Waals surface area contributed by atoms with Crippen LogP contribution in [0.1, 0.15) is 22.5 Å². The molecule has 6 nitrogen and oxygen atoms in total. The summed E-state index contributed by atoms with van der Waals surface area (Å²) >= 11 is 0. The van der Waals surface area contributed by atoms with Crippen LogP contribution in [0.25, 0.3) is 11.3 Å². The van der Waals surface area contributed by atoms with Gasteiger partial charge in [-0.25, -0.2) is 9.18 Å². The molecule has 1 aromatic heterocycles. The summed E-state index contributed by atoms with van der Waals surface area (Å²) < 4.78 is 13.4. The number of H-pyrrole nitrogens is 1. The lowest BCUT2D eigenvalue weighted by atomic mass is 10.1. The second kappa shape index (κ2) is 7.83. The van der Waals surface area contributed by atoms with E-state index in [0.717, 1.165) is 13.0 Å². The van der Waals surface area contributed by atoms with E-state index >= 15 is 0 Å². The summed E-state index contributed by atoms with van der Waals surface area (Å²) in [6, 6.07) is 5.93. The first-order valence-corrected chi connectivity index (χ1v) is 7.67. The fraction of sp³-hybridized carbons (Fsp3) is 0.353. The summed E-state index contributed by atoms with van der Waals surface area (Å²) in [5.41, 5.74) is 0.885. The summed E-state index contributed by atoms with van der Waals surface area (Å²) in [5.74, 6) is -0.698. The average Bonchev–Trinajstić information content (AvgIpc) is 2.53. The van der Waals surface area contributed by atoms with Crippen LogP contribution in [0.5, 0.6) is 0 Å². The van der Waals surface area contributed by atoms with Gasteiger partial charge in [0.25, 0.3) is 5.91 Å². The predicted octanol–water partition coefficient (Wildman–Crippen LogP) is 1.57. The lowest BCUT2D eigenvalue weighted by Gasteiger charge is -2.10. The van der Waals surface area contributed by atoms with Gasteiger partial charge < -0.3 is 15.2 Å². The van der Waals surface area contributed by atoms with Crippen molar-refractivity contribution in [1.29, 1.82) is 0 Å². The number of benzene rings is 1. The first-order chi connectivity index (χ1) is 11.4. The van der Waals surface area contributed by atoms with E-state index < -0.39 is 5.69 Å². The zero-order chi connectivity index (χ0) is 17.7. The summed E-state index contributed by atoms with van der Waals surface area (Å²) in [7, 11) is 3.91. The maximum Gasteiger partial charge on any atom is 0.346 e. The van der Waals surface area contributed by atoms with Gasteiger partial charge in [-0.2, -0.15) is 4.98 Å². The van der Waals surface area contributed by atoms with Gasteiger partial charge >= 0.3 is 5.69 Å². The molecule has 1 heterocycles. The third-order valence-electron chi connectivity index (χ3n) is 3.51. The van der Waals surface area contributed by atoms with Gasteiger partial charge in [0.2, 0.25) is 0 Å². The van der Waals surface area contributed by atoms with Crippen molar-refractivity contribution in [2.45, 2.75) is 13.3 Å². The molecular formula is C17H21FN4O2. The minimum atomic E-state index is -0.618. The molecular weight excluding hydrogens is 311 g/mol. The molecule has 0 spiro atoms. The normalized spacial score (nSPS) is 10.9. The Kier molecular flexibility index (Phi) is 5.81. The first-order valence-electron chi connectivity index (χ1n) is 7.67. The van der Waals surface area contributed by atoms with Crippen LogP contribution in [0.2, 0.25) is 0 Å². The molecule has 0 bridgehead atoms. The van der Waals surface area contributed by atoms with Crippen LogP contribution >= 0.6 is 0 Å². The number of hydrogen-bond donors (Lipinski definition) is 2. The fourth-order valence-electron chi connectivity index (χ4n) is 2.22. The molecule has 2 aromatic rings. The molecule has 2 N–H and O–H groups in total. The van der Waals surface area contributed by atoms with Crippen molar-refractivity contribution in [2.75, 3.05) is 27.2 Å². The first kappa shape index (κ1) is 17.8. The van der Waals surface area contributed by atoms with Crippen LogP contribution in [0.15, 0.2) is 29.1 Å². The smallest absolute Gasteiger partial charge is 0.346 e. The average molecular weight is 332 g/mol. The molecule has 0 atom stereocenters. The van der Waals surface area contributed by atoms with Crippen molar-refractivity contribution in [3.63, 3.8) is 0 Å². The van der Waals surface area contributed by atoms with Crippen LogP contribution < -0.4 is 11.0 Å². The number of aromatic nitrogens is 2. The Hall–Kier alpha value is -2.54. The molecule has 2 rings (SSSR count). The second-order valence-corrected chi connectivity index (χ2v) is 5.86. The number of nitrogens with one attached hydrogen (secondary N) is 2. The van der Waals surface area contributed by atoms with Crippen molar-refractivity contribution < 1.29 is 9.18 Å². The molecule has 0 radical (unpaired) electrons. The van der Waals surface area contributed by atoms with Gasteiger partial charge in [0.05, 0.1) is 5.69 Å². The number of nitrogens with zero attached hydrogens (tertiary/aromatic N) is 2. The van der Waals surface area contributed by atoms with Gasteiger partial charge in [-0.05, 0) is 63.8 Å². The van der Waals surface area contributed by atoms with Gasteiger partial charge in [-0.15, -0.1) is 0 Å². The van der Waals surface area contributed by atoms with E-state index in [-0.39, 0.29) is 17.4 Å². The minimum Gasteiger partial charge on any atom is -0.351 e. The summed E-state index contributed by atoms with van der Waals surface area (Å²) in [4.78, 5) is 32.2. The van der Waals surface area contributed by atoms with Crippen LogP contribution in [0, 0.1) is 12.7 Å². The Labute approximate surface area is 139 Å². The lowest BCUT2D eigenvalue weighted by Crippen LogP contribution is -2.29. The molecule has 0 aliphatic carbocycles. The number of rotatable bonds is 6. The molecule has 1 amide bonds. The number of carbonyl (C=O) groups is 1. The van der Waals surface area contributed by atoms with E-state index in [1.54, 1.807) is 13.0 Å². The van der Waals surface area contributed by atoms with Crippen molar-refractivity contribution in [3.05, 3.63) is 51.8 Å². The highest BCUT2D eigenvalue weighted by Crippen LogP contribution is 2.19. The van der Waals surface area contributed by atoms with E-state index in [1.807, 2.05) is 19.0 Å². The van der Waals surface area contributed by atoms with Gasteiger partial charge in [0.15, 0.2) is 0 Å². The van der Waals surface area contributed by atoms with Crippen molar-refractivity contribution in [3.8, 4) is 11.3 Å². The molecule has 0 aliphatic heterocycles. The number of halogens is 1. The van der Waals surface area contributed by atoms with Crippen LogP contribution in [-0.2, 0) is 0 Å². The molecule has 0 unspecified atom stereocenters. The Balaban J connectivity index is 2.17. The molecule has 128 valence electrons. The van der Waals surface area contributed by atoms with Crippen molar-refractivity contribution in [1.82, 2.24) is 20.2 Å². The molecule has 0 saturated heterocycles. The summed E-state index contributed by atoms with van der Waals surface area (Å²) in [5, 5.41) is 2.76. The molecule has 24 heavy (non-hydrogen) atoms. The topological polar surface area (TPSA) is 78.1 Å². The molecule has 1 aromatic carbocycles. The summed E-state index contributed by atoms with van der Waals surface area (Å²) in [6.07, 6.45) is 0.804. The summed E-state index contributed by atoms with van der Waals surface area (Å²) in [6.45, 7) is 2.99. The number of hydrogen-bond acceptors (Lipinski definition) is 4. The highest BCUT2D eigenvalue weighted by atomic mass is 19.1. The van der Waals surface area contributed by atoms with Gasteiger partial charge in [0.1, 0.15) is 11.5 Å². The number of aryl methyl sites for hydroxylation is 1. The van der Waals surface area contributed by atoms with Crippen LogP contribution in [0.4, 0.5) is 4.39 Å². The van der Waals surface area contributed by atoms with E-state index in [4.69, 9.17) is 0 Å². The van der Waals surface area contributed by atoms with Gasteiger partial charge in [0, 0.05) is 12.1 Å². The lowest BCUT2D eigenvalue weighted by molar-refractivity contribution is 0.0947. The third-order valence-corrected chi connectivity index (χ3v) is 3.51. The van der Waals surface area contributed by atoms with E-state index in [1.165, 1.54) is 18.2 Å². The Morgan fingerprint density at radius 2 is 2.08 bits per heavy atom. The molecule has 7 heteroatoms. The largest absolute Gasteiger partial charge is 0.351 e. The predicted molar refractivity (Wildman–Crippen MR) is 90.5 cm³/mol. The van der Waals surface area contributed by atoms with E-state index in [2.05, 4.69) is 15.3 Å². The Morgan fingerprint density at radius 3 is 2.75 bits per heavy atom. The highest BCUT2D eigenvalue weighted by molar-refractivity contribution is 5.93. The quantitative estimate of drug-likeness (QED) is 0.787. The maximum atomic E-state index is 13.4. The van der Waals surface area contributed by atoms with Crippen molar-refractivity contribution in [2.24, 2.45) is 0 Å². The van der Waals surface area contributed by atoms with Gasteiger partial charge in [-0.1, -0.05) is 0 Å². The van der Waals surface area contributed by atoms with Crippen LogP contribution in [-0.4, -0.2) is 48.0 Å².